The maximum atomic E-state index is 5.89. The Bertz CT molecular complexity index is 684. The lowest BCUT2D eigenvalue weighted by molar-refractivity contribution is 0.0906. The third-order valence-electron chi connectivity index (χ3n) is 4.47. The van der Waals surface area contributed by atoms with Crippen molar-refractivity contribution in [1.29, 1.82) is 0 Å². The quantitative estimate of drug-likeness (QED) is 0.635. The van der Waals surface area contributed by atoms with Gasteiger partial charge in [0.25, 0.3) is 0 Å². The number of aryl methyl sites for hydroxylation is 1. The van der Waals surface area contributed by atoms with E-state index in [2.05, 4.69) is 37.5 Å². The zero-order valence-corrected chi connectivity index (χ0v) is 14.9. The fraction of sp³-hybridized carbons (Fsp3) is 0.500. The molecule has 0 bridgehead atoms. The molecule has 0 saturated carbocycles. The van der Waals surface area contributed by atoms with Gasteiger partial charge < -0.3 is 19.5 Å². The van der Waals surface area contributed by atoms with E-state index in [4.69, 9.17) is 4.74 Å². The standard InChI is InChI=1S/C18H26N6O/c1-19-18(20-10-17-22-21-14-23(17)2)24-9-8-16(11-24)13-25-12-15-6-4-3-5-7-15/h3-7,14,16H,8-13H2,1-2H3,(H,19,20). The lowest BCUT2D eigenvalue weighted by Gasteiger charge is -2.21. The fourth-order valence-electron chi connectivity index (χ4n) is 3.04. The van der Waals surface area contributed by atoms with Crippen molar-refractivity contribution in [3.63, 3.8) is 0 Å². The molecule has 1 fully saturated rings. The highest BCUT2D eigenvalue weighted by Gasteiger charge is 2.25. The predicted octanol–water partition coefficient (Wildman–Crippen LogP) is 1.43. The van der Waals surface area contributed by atoms with Crippen LogP contribution in [0.4, 0.5) is 0 Å². The number of aliphatic imine (C=N–C) groups is 1. The summed E-state index contributed by atoms with van der Waals surface area (Å²) in [5, 5.41) is 11.4. The molecule has 1 N–H and O–H groups in total. The summed E-state index contributed by atoms with van der Waals surface area (Å²) in [5.74, 6) is 2.34. The summed E-state index contributed by atoms with van der Waals surface area (Å²) in [4.78, 5) is 6.68. The Morgan fingerprint density at radius 3 is 2.92 bits per heavy atom. The molecule has 134 valence electrons. The van der Waals surface area contributed by atoms with E-state index in [0.29, 0.717) is 19.1 Å². The highest BCUT2D eigenvalue weighted by atomic mass is 16.5. The lowest BCUT2D eigenvalue weighted by Crippen LogP contribution is -2.40. The van der Waals surface area contributed by atoms with Crippen LogP contribution in [0.1, 0.15) is 17.8 Å². The van der Waals surface area contributed by atoms with Gasteiger partial charge in [0.1, 0.15) is 6.33 Å². The molecule has 1 saturated heterocycles. The average molecular weight is 342 g/mol. The van der Waals surface area contributed by atoms with Gasteiger partial charge in [-0.2, -0.15) is 0 Å². The Morgan fingerprint density at radius 1 is 1.36 bits per heavy atom. The number of rotatable bonds is 6. The summed E-state index contributed by atoms with van der Waals surface area (Å²) < 4.78 is 7.80. The van der Waals surface area contributed by atoms with Crippen molar-refractivity contribution in [2.75, 3.05) is 26.7 Å². The third kappa shape index (κ3) is 4.79. The van der Waals surface area contributed by atoms with E-state index >= 15 is 0 Å². The van der Waals surface area contributed by atoms with Crippen LogP contribution >= 0.6 is 0 Å². The van der Waals surface area contributed by atoms with Crippen LogP contribution in [-0.2, 0) is 24.9 Å². The van der Waals surface area contributed by atoms with E-state index in [-0.39, 0.29) is 0 Å². The van der Waals surface area contributed by atoms with Crippen molar-refractivity contribution >= 4 is 5.96 Å². The van der Waals surface area contributed by atoms with Crippen LogP contribution in [0.5, 0.6) is 0 Å². The van der Waals surface area contributed by atoms with Crippen molar-refractivity contribution in [2.45, 2.75) is 19.6 Å². The van der Waals surface area contributed by atoms with Crippen LogP contribution in [0.2, 0.25) is 0 Å². The summed E-state index contributed by atoms with van der Waals surface area (Å²) in [7, 11) is 3.76. The van der Waals surface area contributed by atoms with Gasteiger partial charge in [-0.1, -0.05) is 30.3 Å². The van der Waals surface area contributed by atoms with E-state index in [1.807, 2.05) is 36.9 Å². The largest absolute Gasteiger partial charge is 0.376 e. The highest BCUT2D eigenvalue weighted by Crippen LogP contribution is 2.17. The maximum Gasteiger partial charge on any atom is 0.194 e. The molecule has 25 heavy (non-hydrogen) atoms. The summed E-state index contributed by atoms with van der Waals surface area (Å²) in [5.41, 5.74) is 1.22. The van der Waals surface area contributed by atoms with E-state index in [0.717, 1.165) is 37.9 Å². The minimum Gasteiger partial charge on any atom is -0.376 e. The molecule has 0 aliphatic carbocycles. The molecule has 2 heterocycles. The van der Waals surface area contributed by atoms with Crippen molar-refractivity contribution in [3.8, 4) is 0 Å². The number of benzene rings is 1. The second kappa shape index (κ2) is 8.62. The van der Waals surface area contributed by atoms with Gasteiger partial charge in [-0.3, -0.25) is 4.99 Å². The molecule has 1 aromatic heterocycles. The van der Waals surface area contributed by atoms with Crippen LogP contribution in [0.3, 0.4) is 0 Å². The first-order chi connectivity index (χ1) is 12.3. The smallest absolute Gasteiger partial charge is 0.194 e. The molecule has 1 atom stereocenters. The zero-order valence-electron chi connectivity index (χ0n) is 14.9. The molecular formula is C18H26N6O. The number of hydrogen-bond donors (Lipinski definition) is 1. The van der Waals surface area contributed by atoms with E-state index < -0.39 is 0 Å². The zero-order chi connectivity index (χ0) is 17.5. The lowest BCUT2D eigenvalue weighted by atomic mass is 10.1. The summed E-state index contributed by atoms with van der Waals surface area (Å²) in [6.45, 7) is 4.04. The normalized spacial score (nSPS) is 17.9. The Labute approximate surface area is 148 Å². The predicted molar refractivity (Wildman–Crippen MR) is 97.0 cm³/mol. The number of ether oxygens (including phenoxy) is 1. The number of aromatic nitrogens is 3. The molecule has 1 aliphatic rings. The van der Waals surface area contributed by atoms with Crippen LogP contribution < -0.4 is 5.32 Å². The van der Waals surface area contributed by atoms with Crippen molar-refractivity contribution in [2.24, 2.45) is 18.0 Å². The summed E-state index contributed by atoms with van der Waals surface area (Å²) in [6, 6.07) is 10.3. The Balaban J connectivity index is 1.42. The van der Waals surface area contributed by atoms with Gasteiger partial charge in [0, 0.05) is 33.1 Å². The fourth-order valence-corrected chi connectivity index (χ4v) is 3.04. The van der Waals surface area contributed by atoms with Crippen LogP contribution in [0, 0.1) is 5.92 Å². The topological polar surface area (TPSA) is 67.6 Å². The van der Waals surface area contributed by atoms with E-state index in [1.165, 1.54) is 5.56 Å². The van der Waals surface area contributed by atoms with Gasteiger partial charge in [-0.25, -0.2) is 0 Å². The molecule has 0 radical (unpaired) electrons. The molecule has 2 aromatic rings. The number of nitrogens with one attached hydrogen (secondary N) is 1. The highest BCUT2D eigenvalue weighted by molar-refractivity contribution is 5.80. The summed E-state index contributed by atoms with van der Waals surface area (Å²) >= 11 is 0. The van der Waals surface area contributed by atoms with Crippen LogP contribution in [0.25, 0.3) is 0 Å². The third-order valence-corrected chi connectivity index (χ3v) is 4.47. The van der Waals surface area contributed by atoms with Crippen molar-refractivity contribution in [3.05, 3.63) is 48.0 Å². The van der Waals surface area contributed by atoms with Crippen molar-refractivity contribution < 1.29 is 4.74 Å². The van der Waals surface area contributed by atoms with Crippen molar-refractivity contribution in [1.82, 2.24) is 25.0 Å². The minimum absolute atomic E-state index is 0.539. The second-order valence-electron chi connectivity index (χ2n) is 6.36. The first kappa shape index (κ1) is 17.4. The number of hydrogen-bond acceptors (Lipinski definition) is 4. The Morgan fingerprint density at radius 2 is 2.20 bits per heavy atom. The van der Waals surface area contributed by atoms with Gasteiger partial charge in [0.05, 0.1) is 19.8 Å². The molecule has 7 nitrogen and oxygen atoms in total. The molecular weight excluding hydrogens is 316 g/mol. The van der Waals surface area contributed by atoms with Gasteiger partial charge in [-0.15, -0.1) is 10.2 Å². The Hall–Kier alpha value is -2.41. The molecule has 0 spiro atoms. The van der Waals surface area contributed by atoms with E-state index in [9.17, 15) is 0 Å². The van der Waals surface area contributed by atoms with Gasteiger partial charge in [-0.05, 0) is 12.0 Å². The van der Waals surface area contributed by atoms with Gasteiger partial charge in [0.2, 0.25) is 0 Å². The number of likely N-dealkylation sites (tertiary alicyclic amines) is 1. The van der Waals surface area contributed by atoms with Gasteiger partial charge >= 0.3 is 0 Å². The Kier molecular flexibility index (Phi) is 6.00. The number of guanidine groups is 1. The minimum atomic E-state index is 0.539. The molecule has 1 aliphatic heterocycles. The number of nitrogens with zero attached hydrogens (tertiary/aromatic N) is 5. The molecule has 3 rings (SSSR count). The van der Waals surface area contributed by atoms with Crippen LogP contribution in [0.15, 0.2) is 41.7 Å². The van der Waals surface area contributed by atoms with Crippen LogP contribution in [-0.4, -0.2) is 52.4 Å². The second-order valence-corrected chi connectivity index (χ2v) is 6.36. The SMILES string of the molecule is CN=C(NCc1nncn1C)N1CCC(COCc2ccccc2)C1. The van der Waals surface area contributed by atoms with E-state index in [1.54, 1.807) is 6.33 Å². The molecule has 1 aromatic carbocycles. The summed E-state index contributed by atoms with van der Waals surface area (Å²) in [6.07, 6.45) is 2.83. The first-order valence-electron chi connectivity index (χ1n) is 8.66. The molecule has 0 amide bonds. The first-order valence-corrected chi connectivity index (χ1v) is 8.66. The molecule has 1 unspecified atom stereocenters. The monoisotopic (exact) mass is 342 g/mol. The molecule has 7 heteroatoms. The maximum absolute atomic E-state index is 5.89. The average Bonchev–Trinajstić information content (AvgIpc) is 3.26. The van der Waals surface area contributed by atoms with Gasteiger partial charge in [0.15, 0.2) is 11.8 Å².